The summed E-state index contributed by atoms with van der Waals surface area (Å²) in [5.74, 6) is -1.07. The van der Waals surface area contributed by atoms with Crippen molar-refractivity contribution >= 4 is 51.8 Å². The minimum absolute atomic E-state index is 0.191. The van der Waals surface area contributed by atoms with E-state index in [1.807, 2.05) is 17.5 Å². The summed E-state index contributed by atoms with van der Waals surface area (Å²) < 4.78 is 5.19. The number of amides is 1. The standard InChI is InChI=1S/C17H13ClN2O3S2/c1-10(15(21)19-12-5-2-4-11(18)8-12)23-17(22)13-9-25-16(20-13)14-6-3-7-24-14/h2-10H,1H3,(H,19,21)/t10-/m0/s1. The SMILES string of the molecule is C[C@H](OC(=O)c1csc(-c2cccs2)n1)C(=O)Nc1cccc(Cl)c1. The molecule has 1 atom stereocenters. The van der Waals surface area contributed by atoms with Gasteiger partial charge in [-0.3, -0.25) is 4.79 Å². The zero-order chi connectivity index (χ0) is 17.8. The van der Waals surface area contributed by atoms with Gasteiger partial charge in [-0.2, -0.15) is 0 Å². The van der Waals surface area contributed by atoms with E-state index in [1.54, 1.807) is 41.0 Å². The number of hydrogen-bond acceptors (Lipinski definition) is 6. The van der Waals surface area contributed by atoms with Crippen LogP contribution in [0.4, 0.5) is 5.69 Å². The summed E-state index contributed by atoms with van der Waals surface area (Å²) in [4.78, 5) is 29.6. The number of thiazole rings is 1. The maximum atomic E-state index is 12.2. The number of halogens is 1. The van der Waals surface area contributed by atoms with Crippen LogP contribution in [-0.4, -0.2) is 23.0 Å². The molecule has 0 unspecified atom stereocenters. The number of rotatable bonds is 5. The van der Waals surface area contributed by atoms with E-state index in [1.165, 1.54) is 18.3 Å². The molecule has 0 saturated carbocycles. The van der Waals surface area contributed by atoms with Gasteiger partial charge in [-0.25, -0.2) is 9.78 Å². The molecule has 8 heteroatoms. The highest BCUT2D eigenvalue weighted by Gasteiger charge is 2.21. The molecule has 0 fully saturated rings. The quantitative estimate of drug-likeness (QED) is 0.638. The number of benzene rings is 1. The molecule has 3 rings (SSSR count). The van der Waals surface area contributed by atoms with Gasteiger partial charge in [0.2, 0.25) is 0 Å². The largest absolute Gasteiger partial charge is 0.448 e. The summed E-state index contributed by atoms with van der Waals surface area (Å²) in [6, 6.07) is 10.6. The minimum Gasteiger partial charge on any atom is -0.448 e. The molecule has 2 aromatic heterocycles. The third-order valence-corrected chi connectivity index (χ3v) is 5.31. The van der Waals surface area contributed by atoms with Crippen molar-refractivity contribution in [2.24, 2.45) is 0 Å². The smallest absolute Gasteiger partial charge is 0.358 e. The van der Waals surface area contributed by atoms with Gasteiger partial charge in [-0.15, -0.1) is 22.7 Å². The molecular formula is C17H13ClN2O3S2. The molecule has 0 aliphatic carbocycles. The first-order valence-electron chi connectivity index (χ1n) is 7.30. The maximum Gasteiger partial charge on any atom is 0.358 e. The molecule has 0 saturated heterocycles. The van der Waals surface area contributed by atoms with Crippen LogP contribution in [0.25, 0.3) is 9.88 Å². The lowest BCUT2D eigenvalue weighted by Crippen LogP contribution is -2.30. The second-order valence-electron chi connectivity index (χ2n) is 5.06. The van der Waals surface area contributed by atoms with Gasteiger partial charge >= 0.3 is 5.97 Å². The lowest BCUT2D eigenvalue weighted by molar-refractivity contribution is -0.123. The monoisotopic (exact) mass is 392 g/mol. The Kier molecular flexibility index (Phi) is 5.47. The van der Waals surface area contributed by atoms with Gasteiger partial charge in [-0.05, 0) is 36.6 Å². The molecule has 1 aromatic carbocycles. The van der Waals surface area contributed by atoms with Crippen molar-refractivity contribution in [2.45, 2.75) is 13.0 Å². The minimum atomic E-state index is -0.960. The van der Waals surface area contributed by atoms with Crippen molar-refractivity contribution in [3.8, 4) is 9.88 Å². The number of thiophene rings is 1. The molecule has 25 heavy (non-hydrogen) atoms. The average molecular weight is 393 g/mol. The first-order chi connectivity index (χ1) is 12.0. The Morgan fingerprint density at radius 2 is 2.08 bits per heavy atom. The summed E-state index contributed by atoms with van der Waals surface area (Å²) in [7, 11) is 0. The molecule has 0 spiro atoms. The summed E-state index contributed by atoms with van der Waals surface area (Å²) in [5.41, 5.74) is 0.727. The maximum absolute atomic E-state index is 12.2. The van der Waals surface area contributed by atoms with Crippen molar-refractivity contribution in [2.75, 3.05) is 5.32 Å². The predicted octanol–water partition coefficient (Wildman–Crippen LogP) is 4.71. The fraction of sp³-hybridized carbons (Fsp3) is 0.118. The Morgan fingerprint density at radius 1 is 1.24 bits per heavy atom. The zero-order valence-corrected chi connectivity index (χ0v) is 15.5. The molecule has 128 valence electrons. The van der Waals surface area contributed by atoms with Gasteiger partial charge in [0.05, 0.1) is 4.88 Å². The number of anilines is 1. The van der Waals surface area contributed by atoms with E-state index in [0.29, 0.717) is 10.7 Å². The van der Waals surface area contributed by atoms with Crippen molar-refractivity contribution in [3.63, 3.8) is 0 Å². The van der Waals surface area contributed by atoms with E-state index in [2.05, 4.69) is 10.3 Å². The topological polar surface area (TPSA) is 68.3 Å². The summed E-state index contributed by atoms with van der Waals surface area (Å²) in [5, 5.41) is 7.47. The van der Waals surface area contributed by atoms with E-state index in [-0.39, 0.29) is 5.69 Å². The number of nitrogens with one attached hydrogen (secondary N) is 1. The highest BCUT2D eigenvalue weighted by Crippen LogP contribution is 2.28. The van der Waals surface area contributed by atoms with Gasteiger partial charge in [0.1, 0.15) is 5.01 Å². The Bertz CT molecular complexity index is 893. The fourth-order valence-corrected chi connectivity index (χ4v) is 3.76. The number of carbonyl (C=O) groups is 2. The highest BCUT2D eigenvalue weighted by atomic mass is 35.5. The van der Waals surface area contributed by atoms with Crippen molar-refractivity contribution in [1.82, 2.24) is 4.98 Å². The van der Waals surface area contributed by atoms with Gasteiger partial charge in [0.25, 0.3) is 5.91 Å². The first kappa shape index (κ1) is 17.6. The third-order valence-electron chi connectivity index (χ3n) is 3.19. The van der Waals surface area contributed by atoms with Crippen LogP contribution >= 0.6 is 34.3 Å². The number of nitrogens with zero attached hydrogens (tertiary/aromatic N) is 1. The third kappa shape index (κ3) is 4.45. The fourth-order valence-electron chi connectivity index (χ4n) is 1.97. The Hall–Kier alpha value is -2.22. The van der Waals surface area contributed by atoms with E-state index in [0.717, 1.165) is 9.88 Å². The number of ether oxygens (including phenoxy) is 1. The van der Waals surface area contributed by atoms with Gasteiger partial charge in [0, 0.05) is 16.1 Å². The second-order valence-corrected chi connectivity index (χ2v) is 7.30. The molecule has 3 aromatic rings. The van der Waals surface area contributed by atoms with Crippen LogP contribution in [-0.2, 0) is 9.53 Å². The number of carbonyl (C=O) groups excluding carboxylic acids is 2. The molecule has 1 N–H and O–H groups in total. The van der Waals surface area contributed by atoms with Crippen LogP contribution < -0.4 is 5.32 Å². The second kappa shape index (κ2) is 7.77. The molecular weight excluding hydrogens is 380 g/mol. The van der Waals surface area contributed by atoms with E-state index in [9.17, 15) is 9.59 Å². The Balaban J connectivity index is 1.61. The van der Waals surface area contributed by atoms with Crippen LogP contribution in [0.3, 0.4) is 0 Å². The van der Waals surface area contributed by atoms with E-state index in [4.69, 9.17) is 16.3 Å². The molecule has 2 heterocycles. The summed E-state index contributed by atoms with van der Waals surface area (Å²) >= 11 is 8.78. The Labute approximate surface area is 157 Å². The van der Waals surface area contributed by atoms with Gasteiger partial charge < -0.3 is 10.1 Å². The van der Waals surface area contributed by atoms with E-state index < -0.39 is 18.0 Å². The van der Waals surface area contributed by atoms with Crippen LogP contribution in [0.2, 0.25) is 5.02 Å². The zero-order valence-electron chi connectivity index (χ0n) is 13.1. The molecule has 1 amide bonds. The highest BCUT2D eigenvalue weighted by molar-refractivity contribution is 7.20. The molecule has 0 aliphatic heterocycles. The van der Waals surface area contributed by atoms with Crippen molar-refractivity contribution in [1.29, 1.82) is 0 Å². The predicted molar refractivity (Wildman–Crippen MR) is 100 cm³/mol. The number of aromatic nitrogens is 1. The van der Waals surface area contributed by atoms with Gasteiger partial charge in [-0.1, -0.05) is 23.7 Å². The summed E-state index contributed by atoms with van der Waals surface area (Å²) in [6.45, 7) is 1.50. The average Bonchev–Trinajstić information content (AvgIpc) is 3.26. The lowest BCUT2D eigenvalue weighted by Gasteiger charge is -2.12. The van der Waals surface area contributed by atoms with Gasteiger partial charge in [0.15, 0.2) is 11.8 Å². The number of hydrogen-bond donors (Lipinski definition) is 1. The lowest BCUT2D eigenvalue weighted by atomic mass is 10.3. The normalized spacial score (nSPS) is 11.8. The summed E-state index contributed by atoms with van der Waals surface area (Å²) in [6.07, 6.45) is -0.960. The number of esters is 1. The van der Waals surface area contributed by atoms with Crippen molar-refractivity contribution < 1.29 is 14.3 Å². The van der Waals surface area contributed by atoms with Crippen LogP contribution in [0, 0.1) is 0 Å². The van der Waals surface area contributed by atoms with Crippen LogP contribution in [0.15, 0.2) is 47.2 Å². The molecule has 0 bridgehead atoms. The van der Waals surface area contributed by atoms with Crippen LogP contribution in [0.5, 0.6) is 0 Å². The first-order valence-corrected chi connectivity index (χ1v) is 9.43. The molecule has 5 nitrogen and oxygen atoms in total. The molecule has 0 radical (unpaired) electrons. The van der Waals surface area contributed by atoms with E-state index >= 15 is 0 Å². The Morgan fingerprint density at radius 3 is 2.80 bits per heavy atom. The van der Waals surface area contributed by atoms with Crippen molar-refractivity contribution in [3.05, 3.63) is 57.9 Å². The molecule has 0 aliphatic rings. The van der Waals surface area contributed by atoms with Crippen LogP contribution in [0.1, 0.15) is 17.4 Å².